The van der Waals surface area contributed by atoms with Crippen LogP contribution in [0.5, 0.6) is 11.5 Å². The smallest absolute Gasteiger partial charge is 0.154 e. The third kappa shape index (κ3) is 4.61. The van der Waals surface area contributed by atoms with Crippen molar-refractivity contribution in [2.45, 2.75) is 39.0 Å². The molecular weight excluding hydrogens is 290 g/mol. The molecule has 5 nitrogen and oxygen atoms in total. The minimum Gasteiger partial charge on any atom is -0.497 e. The standard InChI is InChI=1S/C15H23NO4S/c1-11(2)16-9-12-8-13(19-3)4-5-15(12)20-14-6-7-21(17,18)10-14/h4-5,8,11,14,16H,6-7,9-10H2,1-3H3. The number of hydrogen-bond donors (Lipinski definition) is 1. The summed E-state index contributed by atoms with van der Waals surface area (Å²) >= 11 is 0. The van der Waals surface area contributed by atoms with Crippen LogP contribution in [0.3, 0.4) is 0 Å². The normalized spacial score (nSPS) is 20.7. The van der Waals surface area contributed by atoms with E-state index in [1.165, 1.54) is 0 Å². The lowest BCUT2D eigenvalue weighted by atomic mass is 10.1. The van der Waals surface area contributed by atoms with Crippen LogP contribution in [0.25, 0.3) is 0 Å². The first-order chi connectivity index (χ1) is 9.89. The van der Waals surface area contributed by atoms with Gasteiger partial charge in [0.05, 0.1) is 18.6 Å². The fourth-order valence-corrected chi connectivity index (χ4v) is 3.87. The Labute approximate surface area is 126 Å². The van der Waals surface area contributed by atoms with E-state index < -0.39 is 9.84 Å². The minimum absolute atomic E-state index is 0.107. The molecule has 1 unspecified atom stereocenters. The van der Waals surface area contributed by atoms with Gasteiger partial charge in [-0.15, -0.1) is 0 Å². The second-order valence-electron chi connectivity index (χ2n) is 5.65. The van der Waals surface area contributed by atoms with Gasteiger partial charge in [0.1, 0.15) is 17.6 Å². The minimum atomic E-state index is -2.93. The summed E-state index contributed by atoms with van der Waals surface area (Å²) in [5.74, 6) is 1.82. The van der Waals surface area contributed by atoms with Crippen molar-refractivity contribution in [1.82, 2.24) is 5.32 Å². The summed E-state index contributed by atoms with van der Waals surface area (Å²) < 4.78 is 34.2. The average Bonchev–Trinajstić information content (AvgIpc) is 2.76. The zero-order valence-electron chi connectivity index (χ0n) is 12.8. The maximum Gasteiger partial charge on any atom is 0.154 e. The number of nitrogens with one attached hydrogen (secondary N) is 1. The van der Waals surface area contributed by atoms with Crippen LogP contribution >= 0.6 is 0 Å². The fraction of sp³-hybridized carbons (Fsp3) is 0.600. The van der Waals surface area contributed by atoms with Crippen molar-refractivity contribution < 1.29 is 17.9 Å². The highest BCUT2D eigenvalue weighted by molar-refractivity contribution is 7.91. The first kappa shape index (κ1) is 16.1. The lowest BCUT2D eigenvalue weighted by Gasteiger charge is -2.18. The number of benzene rings is 1. The molecule has 0 amide bonds. The summed E-state index contributed by atoms with van der Waals surface area (Å²) in [6, 6.07) is 5.96. The molecule has 1 aliphatic heterocycles. The number of sulfone groups is 1. The molecule has 118 valence electrons. The van der Waals surface area contributed by atoms with Gasteiger partial charge < -0.3 is 14.8 Å². The molecule has 6 heteroatoms. The van der Waals surface area contributed by atoms with E-state index in [2.05, 4.69) is 19.2 Å². The molecule has 0 aliphatic carbocycles. The molecule has 1 aromatic rings. The second kappa shape index (κ2) is 6.66. The first-order valence-electron chi connectivity index (χ1n) is 7.17. The predicted octanol–water partition coefficient (Wildman–Crippen LogP) is 1.76. The molecule has 1 atom stereocenters. The van der Waals surface area contributed by atoms with Crippen LogP contribution in [-0.2, 0) is 16.4 Å². The summed E-state index contributed by atoms with van der Waals surface area (Å²) in [7, 11) is -1.31. The molecule has 0 spiro atoms. The summed E-state index contributed by atoms with van der Waals surface area (Å²) in [4.78, 5) is 0. The topological polar surface area (TPSA) is 64.6 Å². The molecule has 2 rings (SSSR count). The Morgan fingerprint density at radius 2 is 2.14 bits per heavy atom. The van der Waals surface area contributed by atoms with Gasteiger partial charge in [-0.05, 0) is 24.6 Å². The van der Waals surface area contributed by atoms with E-state index in [0.29, 0.717) is 19.0 Å². The molecule has 1 aliphatic rings. The van der Waals surface area contributed by atoms with E-state index >= 15 is 0 Å². The SMILES string of the molecule is COc1ccc(OC2CCS(=O)(=O)C2)c(CNC(C)C)c1. The van der Waals surface area contributed by atoms with Crippen molar-refractivity contribution in [2.24, 2.45) is 0 Å². The van der Waals surface area contributed by atoms with Crippen LogP contribution in [-0.4, -0.2) is 39.2 Å². The van der Waals surface area contributed by atoms with Crippen LogP contribution in [0.1, 0.15) is 25.8 Å². The Morgan fingerprint density at radius 1 is 1.38 bits per heavy atom. The first-order valence-corrected chi connectivity index (χ1v) is 8.99. The van der Waals surface area contributed by atoms with Gasteiger partial charge in [-0.3, -0.25) is 0 Å². The molecule has 1 aromatic carbocycles. The van der Waals surface area contributed by atoms with Crippen LogP contribution in [0.15, 0.2) is 18.2 Å². The molecule has 1 heterocycles. The van der Waals surface area contributed by atoms with Crippen molar-refractivity contribution >= 4 is 9.84 Å². The Hall–Kier alpha value is -1.27. The van der Waals surface area contributed by atoms with Crippen LogP contribution in [0.4, 0.5) is 0 Å². The lowest BCUT2D eigenvalue weighted by molar-refractivity contribution is 0.225. The molecule has 21 heavy (non-hydrogen) atoms. The van der Waals surface area contributed by atoms with E-state index in [0.717, 1.165) is 17.1 Å². The number of ether oxygens (including phenoxy) is 2. The molecule has 1 N–H and O–H groups in total. The zero-order valence-corrected chi connectivity index (χ0v) is 13.6. The highest BCUT2D eigenvalue weighted by Crippen LogP contribution is 2.27. The monoisotopic (exact) mass is 313 g/mol. The molecule has 0 bridgehead atoms. The fourth-order valence-electron chi connectivity index (χ4n) is 2.28. The molecular formula is C15H23NO4S. The van der Waals surface area contributed by atoms with Crippen molar-refractivity contribution in [2.75, 3.05) is 18.6 Å². The van der Waals surface area contributed by atoms with Gasteiger partial charge in [-0.2, -0.15) is 0 Å². The van der Waals surface area contributed by atoms with Gasteiger partial charge in [0.2, 0.25) is 0 Å². The summed E-state index contributed by atoms with van der Waals surface area (Å²) in [6.45, 7) is 4.80. The van der Waals surface area contributed by atoms with E-state index in [9.17, 15) is 8.42 Å². The van der Waals surface area contributed by atoms with Crippen molar-refractivity contribution in [3.63, 3.8) is 0 Å². The summed E-state index contributed by atoms with van der Waals surface area (Å²) in [5, 5.41) is 3.34. The van der Waals surface area contributed by atoms with Gasteiger partial charge in [-0.1, -0.05) is 13.8 Å². The Kier molecular flexibility index (Phi) is 5.11. The Morgan fingerprint density at radius 3 is 2.71 bits per heavy atom. The maximum absolute atomic E-state index is 11.5. The third-order valence-corrected chi connectivity index (χ3v) is 5.19. The van der Waals surface area contributed by atoms with Gasteiger partial charge >= 0.3 is 0 Å². The highest BCUT2D eigenvalue weighted by atomic mass is 32.2. The van der Waals surface area contributed by atoms with Gasteiger partial charge in [0.25, 0.3) is 0 Å². The van der Waals surface area contributed by atoms with E-state index in [1.54, 1.807) is 7.11 Å². The maximum atomic E-state index is 11.5. The van der Waals surface area contributed by atoms with E-state index in [1.807, 2.05) is 18.2 Å². The van der Waals surface area contributed by atoms with E-state index in [4.69, 9.17) is 9.47 Å². The molecule has 0 aromatic heterocycles. The lowest BCUT2D eigenvalue weighted by Crippen LogP contribution is -2.23. The second-order valence-corrected chi connectivity index (χ2v) is 7.88. The Bertz CT molecular complexity index is 583. The quantitative estimate of drug-likeness (QED) is 0.867. The van der Waals surface area contributed by atoms with Gasteiger partial charge in [-0.25, -0.2) is 8.42 Å². The predicted molar refractivity (Wildman–Crippen MR) is 82.7 cm³/mol. The van der Waals surface area contributed by atoms with Crippen LogP contribution in [0.2, 0.25) is 0 Å². The third-order valence-electron chi connectivity index (χ3n) is 3.45. The molecule has 1 saturated heterocycles. The van der Waals surface area contributed by atoms with E-state index in [-0.39, 0.29) is 17.6 Å². The van der Waals surface area contributed by atoms with Gasteiger partial charge in [0.15, 0.2) is 9.84 Å². The number of hydrogen-bond acceptors (Lipinski definition) is 5. The molecule has 0 radical (unpaired) electrons. The van der Waals surface area contributed by atoms with Crippen LogP contribution in [0, 0.1) is 0 Å². The summed E-state index contributed by atoms with van der Waals surface area (Å²) in [5.41, 5.74) is 0.979. The number of rotatable bonds is 6. The van der Waals surface area contributed by atoms with Crippen molar-refractivity contribution in [3.8, 4) is 11.5 Å². The largest absolute Gasteiger partial charge is 0.497 e. The van der Waals surface area contributed by atoms with Crippen LogP contribution < -0.4 is 14.8 Å². The average molecular weight is 313 g/mol. The van der Waals surface area contributed by atoms with Crippen molar-refractivity contribution in [3.05, 3.63) is 23.8 Å². The molecule has 0 saturated carbocycles. The van der Waals surface area contributed by atoms with Crippen molar-refractivity contribution in [1.29, 1.82) is 0 Å². The Balaban J connectivity index is 2.13. The van der Waals surface area contributed by atoms with Gasteiger partial charge in [0, 0.05) is 18.2 Å². The number of methoxy groups -OCH3 is 1. The zero-order chi connectivity index (χ0) is 15.5. The summed E-state index contributed by atoms with van der Waals surface area (Å²) in [6.07, 6.45) is 0.312. The highest BCUT2D eigenvalue weighted by Gasteiger charge is 2.29. The molecule has 1 fully saturated rings.